The first-order chi connectivity index (χ1) is 18.2. The van der Waals surface area contributed by atoms with Crippen LogP contribution in [0.25, 0.3) is 54.9 Å². The SMILES string of the molecule is O=CS1(O)Cc2c(c3ccccc3c3ccccc23)-c2cc(-c3ccc(-c4ccccc4)cc3)ccc21. The zero-order chi connectivity index (χ0) is 25.0. The Morgan fingerprint density at radius 3 is 1.76 bits per heavy atom. The molecule has 1 aliphatic rings. The maximum Gasteiger partial charge on any atom is 0.185 e. The average Bonchev–Trinajstić information content (AvgIpc) is 2.97. The molecule has 0 aliphatic carbocycles. The van der Waals surface area contributed by atoms with E-state index < -0.39 is 10.3 Å². The van der Waals surface area contributed by atoms with Gasteiger partial charge in [-0.05, 0) is 82.9 Å². The van der Waals surface area contributed by atoms with Crippen molar-refractivity contribution in [2.24, 2.45) is 0 Å². The highest BCUT2D eigenvalue weighted by Crippen LogP contribution is 2.62. The summed E-state index contributed by atoms with van der Waals surface area (Å²) in [4.78, 5) is 13.1. The number of hydrogen-bond acceptors (Lipinski definition) is 2. The van der Waals surface area contributed by atoms with Crippen LogP contribution in [0.3, 0.4) is 0 Å². The molecule has 1 N–H and O–H groups in total. The smallest absolute Gasteiger partial charge is 0.185 e. The molecule has 0 saturated heterocycles. The quantitative estimate of drug-likeness (QED) is 0.196. The van der Waals surface area contributed by atoms with Crippen LogP contribution >= 0.6 is 10.3 Å². The van der Waals surface area contributed by atoms with Crippen LogP contribution in [0, 0.1) is 0 Å². The molecule has 1 aliphatic heterocycles. The predicted molar refractivity (Wildman–Crippen MR) is 157 cm³/mol. The summed E-state index contributed by atoms with van der Waals surface area (Å²) < 4.78 is 11.6. The van der Waals surface area contributed by atoms with Crippen LogP contribution in [-0.4, -0.2) is 10.2 Å². The Kier molecular flexibility index (Phi) is 5.03. The van der Waals surface area contributed by atoms with Crippen molar-refractivity contribution in [3.05, 3.63) is 127 Å². The summed E-state index contributed by atoms with van der Waals surface area (Å²) in [7, 11) is -2.63. The molecular formula is C34H24O2S. The van der Waals surface area contributed by atoms with E-state index in [1.807, 2.05) is 30.3 Å². The minimum absolute atomic E-state index is 0.343. The van der Waals surface area contributed by atoms with Crippen LogP contribution in [0.4, 0.5) is 0 Å². The van der Waals surface area contributed by atoms with Gasteiger partial charge in [0.15, 0.2) is 5.62 Å². The first-order valence-corrected chi connectivity index (χ1v) is 14.2. The highest BCUT2D eigenvalue weighted by atomic mass is 32.3. The molecular weight excluding hydrogens is 472 g/mol. The van der Waals surface area contributed by atoms with Crippen LogP contribution in [-0.2, 0) is 10.5 Å². The lowest BCUT2D eigenvalue weighted by Crippen LogP contribution is -2.13. The van der Waals surface area contributed by atoms with Crippen molar-refractivity contribution in [1.29, 1.82) is 0 Å². The molecule has 0 bridgehead atoms. The Morgan fingerprint density at radius 2 is 1.08 bits per heavy atom. The van der Waals surface area contributed by atoms with E-state index >= 15 is 0 Å². The molecule has 6 aromatic rings. The van der Waals surface area contributed by atoms with E-state index in [2.05, 4.69) is 91.0 Å². The van der Waals surface area contributed by atoms with Gasteiger partial charge in [-0.2, -0.15) is 0 Å². The number of rotatable bonds is 3. The Bertz CT molecular complexity index is 1820. The zero-order valence-corrected chi connectivity index (χ0v) is 20.9. The van der Waals surface area contributed by atoms with Gasteiger partial charge in [-0.1, -0.05) is 109 Å². The number of fused-ring (bicyclic) bond motifs is 8. The number of benzene rings is 6. The van der Waals surface area contributed by atoms with Gasteiger partial charge >= 0.3 is 0 Å². The molecule has 0 spiro atoms. The topological polar surface area (TPSA) is 37.3 Å². The van der Waals surface area contributed by atoms with E-state index in [0.717, 1.165) is 54.5 Å². The first-order valence-electron chi connectivity index (χ1n) is 12.4. The third-order valence-corrected chi connectivity index (χ3v) is 9.68. The zero-order valence-electron chi connectivity index (χ0n) is 20.1. The van der Waals surface area contributed by atoms with Crippen LogP contribution < -0.4 is 0 Å². The van der Waals surface area contributed by atoms with Crippen LogP contribution in [0.2, 0.25) is 0 Å². The summed E-state index contributed by atoms with van der Waals surface area (Å²) in [6, 6.07) is 41.9. The number of carbonyl (C=O) groups excluding carboxylic acids is 1. The Balaban J connectivity index is 1.47. The second-order valence-corrected chi connectivity index (χ2v) is 12.0. The Morgan fingerprint density at radius 1 is 0.568 bits per heavy atom. The molecule has 2 nitrogen and oxygen atoms in total. The van der Waals surface area contributed by atoms with Crippen molar-refractivity contribution >= 4 is 37.5 Å². The fourth-order valence-electron chi connectivity index (χ4n) is 5.75. The Hall–Kier alpha value is -4.18. The lowest BCUT2D eigenvalue weighted by atomic mass is 9.87. The van der Waals surface area contributed by atoms with Crippen molar-refractivity contribution in [1.82, 2.24) is 0 Å². The molecule has 6 aromatic carbocycles. The van der Waals surface area contributed by atoms with E-state index in [0.29, 0.717) is 5.75 Å². The summed E-state index contributed by atoms with van der Waals surface area (Å²) in [5.41, 5.74) is 8.45. The van der Waals surface area contributed by atoms with Gasteiger partial charge < -0.3 is 4.55 Å². The number of carbonyl (C=O) groups is 1. The second kappa shape index (κ2) is 8.45. The maximum absolute atomic E-state index is 12.4. The highest BCUT2D eigenvalue weighted by molar-refractivity contribution is 8.39. The summed E-state index contributed by atoms with van der Waals surface area (Å²) in [6.07, 6.45) is 0. The minimum atomic E-state index is -2.63. The summed E-state index contributed by atoms with van der Waals surface area (Å²) in [5.74, 6) is 0.343. The largest absolute Gasteiger partial charge is 0.340 e. The van der Waals surface area contributed by atoms with Crippen molar-refractivity contribution in [3.63, 3.8) is 0 Å². The fourth-order valence-corrected chi connectivity index (χ4v) is 7.67. The monoisotopic (exact) mass is 496 g/mol. The number of hydrogen-bond donors (Lipinski definition) is 1. The normalized spacial score (nSPS) is 18.1. The van der Waals surface area contributed by atoms with Crippen molar-refractivity contribution in [2.45, 2.75) is 10.6 Å². The fraction of sp³-hybridized carbons (Fsp3) is 0.0294. The van der Waals surface area contributed by atoms with Crippen molar-refractivity contribution in [2.75, 3.05) is 0 Å². The van der Waals surface area contributed by atoms with Crippen molar-refractivity contribution in [3.8, 4) is 33.4 Å². The van der Waals surface area contributed by atoms with E-state index in [4.69, 9.17) is 0 Å². The highest BCUT2D eigenvalue weighted by Gasteiger charge is 2.35. The second-order valence-electron chi connectivity index (χ2n) is 9.59. The van der Waals surface area contributed by atoms with E-state index in [1.54, 1.807) is 0 Å². The van der Waals surface area contributed by atoms with Gasteiger partial charge in [-0.3, -0.25) is 4.79 Å². The molecule has 3 heteroatoms. The molecule has 178 valence electrons. The van der Waals surface area contributed by atoms with Gasteiger partial charge in [-0.25, -0.2) is 0 Å². The van der Waals surface area contributed by atoms with Crippen LogP contribution in [0.1, 0.15) is 5.56 Å². The first kappa shape index (κ1) is 22.1. The van der Waals surface area contributed by atoms with Gasteiger partial charge in [0.25, 0.3) is 0 Å². The molecule has 0 amide bonds. The van der Waals surface area contributed by atoms with Gasteiger partial charge in [-0.15, -0.1) is 0 Å². The van der Waals surface area contributed by atoms with Crippen molar-refractivity contribution < 1.29 is 9.35 Å². The summed E-state index contributed by atoms with van der Waals surface area (Å²) in [6.45, 7) is 0. The molecule has 0 radical (unpaired) electrons. The summed E-state index contributed by atoms with van der Waals surface area (Å²) in [5, 5.41) is 4.60. The third kappa shape index (κ3) is 3.43. The minimum Gasteiger partial charge on any atom is -0.340 e. The molecule has 0 fully saturated rings. The molecule has 1 atom stereocenters. The standard InChI is InChI=1S/C34H24O2S/c35-22-37(36)21-32-29-12-5-4-10-27(29)28-11-6-7-13-30(28)34(32)31-20-26(18-19-33(31)37)25-16-14-24(15-17-25)23-8-2-1-3-9-23/h1-20,22,36H,21H2. The molecule has 1 unspecified atom stereocenters. The third-order valence-electron chi connectivity index (χ3n) is 7.52. The lowest BCUT2D eigenvalue weighted by Gasteiger charge is -2.37. The van der Waals surface area contributed by atoms with E-state index in [9.17, 15) is 9.35 Å². The molecule has 0 saturated carbocycles. The molecule has 7 rings (SSSR count). The van der Waals surface area contributed by atoms with Crippen LogP contribution in [0.5, 0.6) is 0 Å². The average molecular weight is 497 g/mol. The van der Waals surface area contributed by atoms with Gasteiger partial charge in [0.2, 0.25) is 0 Å². The molecule has 0 aromatic heterocycles. The van der Waals surface area contributed by atoms with Gasteiger partial charge in [0.1, 0.15) is 0 Å². The Labute approximate surface area is 217 Å². The van der Waals surface area contributed by atoms with Crippen LogP contribution in [0.15, 0.2) is 126 Å². The summed E-state index contributed by atoms with van der Waals surface area (Å²) >= 11 is 0. The lowest BCUT2D eigenvalue weighted by molar-refractivity contribution is 0.559. The molecule has 1 heterocycles. The van der Waals surface area contributed by atoms with E-state index in [-0.39, 0.29) is 0 Å². The maximum atomic E-state index is 12.4. The molecule has 37 heavy (non-hydrogen) atoms. The van der Waals surface area contributed by atoms with Gasteiger partial charge in [0, 0.05) is 10.6 Å². The van der Waals surface area contributed by atoms with E-state index in [1.165, 1.54) is 16.5 Å². The predicted octanol–water partition coefficient (Wildman–Crippen LogP) is 9.33. The van der Waals surface area contributed by atoms with Gasteiger partial charge in [0.05, 0.1) is 0 Å².